The molecule has 4 nitrogen and oxygen atoms in total. The van der Waals surface area contributed by atoms with E-state index < -0.39 is 0 Å². The van der Waals surface area contributed by atoms with Crippen molar-refractivity contribution >= 4 is 5.91 Å². The Hall–Kier alpha value is -2.33. The summed E-state index contributed by atoms with van der Waals surface area (Å²) in [4.78, 5) is 12.2. The number of carbonyl (C=O) groups excluding carboxylic acids is 1. The number of hydrogen-bond donors (Lipinski definition) is 2. The Labute approximate surface area is 130 Å². The van der Waals surface area contributed by atoms with Gasteiger partial charge in [0.15, 0.2) is 0 Å². The Kier molecular flexibility index (Phi) is 4.71. The van der Waals surface area contributed by atoms with Crippen LogP contribution in [-0.2, 0) is 6.61 Å². The molecule has 0 spiro atoms. The molecule has 1 saturated heterocycles. The van der Waals surface area contributed by atoms with Crippen molar-refractivity contribution in [1.29, 1.82) is 0 Å². The Bertz CT molecular complexity index is 622. The highest BCUT2D eigenvalue weighted by Crippen LogP contribution is 2.15. The molecular weight excluding hydrogens is 276 g/mol. The first-order valence-corrected chi connectivity index (χ1v) is 7.59. The van der Waals surface area contributed by atoms with Gasteiger partial charge in [-0.2, -0.15) is 0 Å². The van der Waals surface area contributed by atoms with Crippen LogP contribution in [0.1, 0.15) is 22.3 Å². The van der Waals surface area contributed by atoms with E-state index in [1.807, 2.05) is 48.5 Å². The van der Waals surface area contributed by atoms with Crippen molar-refractivity contribution in [2.24, 2.45) is 0 Å². The van der Waals surface area contributed by atoms with E-state index in [9.17, 15) is 4.79 Å². The predicted octanol–water partition coefficient (Wildman–Crippen LogP) is 2.36. The van der Waals surface area contributed by atoms with Crippen molar-refractivity contribution in [3.05, 3.63) is 65.7 Å². The van der Waals surface area contributed by atoms with E-state index in [0.29, 0.717) is 17.9 Å². The molecule has 2 aromatic carbocycles. The Balaban J connectivity index is 1.60. The molecule has 1 heterocycles. The van der Waals surface area contributed by atoms with Gasteiger partial charge in [0.2, 0.25) is 0 Å². The number of rotatable bonds is 5. The second kappa shape index (κ2) is 7.09. The zero-order chi connectivity index (χ0) is 15.2. The molecule has 22 heavy (non-hydrogen) atoms. The highest BCUT2D eigenvalue weighted by atomic mass is 16.5. The van der Waals surface area contributed by atoms with E-state index in [1.165, 1.54) is 0 Å². The largest absolute Gasteiger partial charge is 0.489 e. The van der Waals surface area contributed by atoms with Crippen LogP contribution in [0.4, 0.5) is 0 Å². The first-order chi connectivity index (χ1) is 10.8. The third-order valence-corrected chi connectivity index (χ3v) is 3.74. The maximum absolute atomic E-state index is 12.2. The molecule has 0 radical (unpaired) electrons. The van der Waals surface area contributed by atoms with E-state index in [1.54, 1.807) is 6.07 Å². The molecule has 1 aliphatic rings. The Morgan fingerprint density at radius 1 is 1.18 bits per heavy atom. The van der Waals surface area contributed by atoms with Crippen LogP contribution in [0.5, 0.6) is 5.75 Å². The molecule has 2 aromatic rings. The van der Waals surface area contributed by atoms with Crippen molar-refractivity contribution in [2.75, 3.05) is 13.1 Å². The summed E-state index contributed by atoms with van der Waals surface area (Å²) < 4.78 is 5.76. The molecule has 0 aliphatic carbocycles. The molecule has 0 saturated carbocycles. The van der Waals surface area contributed by atoms with Crippen LogP contribution >= 0.6 is 0 Å². The lowest BCUT2D eigenvalue weighted by Gasteiger charge is -2.12. The summed E-state index contributed by atoms with van der Waals surface area (Å²) in [6.45, 7) is 2.31. The van der Waals surface area contributed by atoms with E-state index in [-0.39, 0.29) is 11.9 Å². The molecule has 4 heteroatoms. The fourth-order valence-electron chi connectivity index (χ4n) is 2.51. The minimum atomic E-state index is -0.0427. The topological polar surface area (TPSA) is 50.4 Å². The van der Waals surface area contributed by atoms with Gasteiger partial charge in [0, 0.05) is 18.2 Å². The van der Waals surface area contributed by atoms with Crippen LogP contribution in [-0.4, -0.2) is 25.0 Å². The summed E-state index contributed by atoms with van der Waals surface area (Å²) in [5.74, 6) is 0.667. The molecule has 1 fully saturated rings. The predicted molar refractivity (Wildman–Crippen MR) is 86.0 cm³/mol. The monoisotopic (exact) mass is 296 g/mol. The van der Waals surface area contributed by atoms with Crippen LogP contribution in [0.25, 0.3) is 0 Å². The van der Waals surface area contributed by atoms with Crippen LogP contribution in [0, 0.1) is 0 Å². The second-order valence-corrected chi connectivity index (χ2v) is 5.47. The van der Waals surface area contributed by atoms with Gasteiger partial charge in [-0.1, -0.05) is 36.4 Å². The maximum atomic E-state index is 12.2. The van der Waals surface area contributed by atoms with Crippen LogP contribution in [0.15, 0.2) is 54.6 Å². The van der Waals surface area contributed by atoms with Gasteiger partial charge < -0.3 is 15.4 Å². The zero-order valence-electron chi connectivity index (χ0n) is 12.4. The minimum absolute atomic E-state index is 0.0427. The van der Waals surface area contributed by atoms with Crippen molar-refractivity contribution in [1.82, 2.24) is 10.6 Å². The first-order valence-electron chi connectivity index (χ1n) is 7.59. The third kappa shape index (κ3) is 3.86. The van der Waals surface area contributed by atoms with Gasteiger partial charge in [-0.25, -0.2) is 0 Å². The minimum Gasteiger partial charge on any atom is -0.489 e. The number of ether oxygens (including phenoxy) is 1. The summed E-state index contributed by atoms with van der Waals surface area (Å²) in [5, 5.41) is 6.28. The van der Waals surface area contributed by atoms with Crippen LogP contribution in [0.2, 0.25) is 0 Å². The second-order valence-electron chi connectivity index (χ2n) is 5.47. The van der Waals surface area contributed by atoms with Gasteiger partial charge in [-0.3, -0.25) is 4.79 Å². The van der Waals surface area contributed by atoms with E-state index in [0.717, 1.165) is 25.1 Å². The van der Waals surface area contributed by atoms with Gasteiger partial charge in [0.1, 0.15) is 12.4 Å². The lowest BCUT2D eigenvalue weighted by molar-refractivity contribution is 0.0939. The molecule has 0 aromatic heterocycles. The zero-order valence-corrected chi connectivity index (χ0v) is 12.4. The van der Waals surface area contributed by atoms with Gasteiger partial charge in [0.25, 0.3) is 5.91 Å². The summed E-state index contributed by atoms with van der Waals surface area (Å²) in [5.41, 5.74) is 1.74. The van der Waals surface area contributed by atoms with Crippen molar-refractivity contribution < 1.29 is 9.53 Å². The number of carbonyl (C=O) groups is 1. The normalized spacial score (nSPS) is 17.2. The van der Waals surface area contributed by atoms with Gasteiger partial charge in [-0.05, 0) is 36.7 Å². The van der Waals surface area contributed by atoms with E-state index in [2.05, 4.69) is 10.6 Å². The van der Waals surface area contributed by atoms with E-state index in [4.69, 9.17) is 4.74 Å². The molecule has 1 amide bonds. The molecule has 2 N–H and O–H groups in total. The Morgan fingerprint density at radius 2 is 2.05 bits per heavy atom. The van der Waals surface area contributed by atoms with Crippen LogP contribution in [0.3, 0.4) is 0 Å². The van der Waals surface area contributed by atoms with E-state index >= 15 is 0 Å². The van der Waals surface area contributed by atoms with Crippen molar-refractivity contribution in [3.63, 3.8) is 0 Å². The molecule has 1 atom stereocenters. The fraction of sp³-hybridized carbons (Fsp3) is 0.278. The number of nitrogens with one attached hydrogen (secondary N) is 2. The molecule has 3 rings (SSSR count). The number of hydrogen-bond acceptors (Lipinski definition) is 3. The average Bonchev–Trinajstić information content (AvgIpc) is 3.07. The fourth-order valence-corrected chi connectivity index (χ4v) is 2.51. The summed E-state index contributed by atoms with van der Waals surface area (Å²) in [6, 6.07) is 17.5. The van der Waals surface area contributed by atoms with Crippen LogP contribution < -0.4 is 15.4 Å². The first kappa shape index (κ1) is 14.6. The third-order valence-electron chi connectivity index (χ3n) is 3.74. The van der Waals surface area contributed by atoms with Gasteiger partial charge in [0.05, 0.1) is 0 Å². The van der Waals surface area contributed by atoms with Crippen molar-refractivity contribution in [3.8, 4) is 5.75 Å². The highest BCUT2D eigenvalue weighted by molar-refractivity contribution is 5.94. The molecule has 114 valence electrons. The standard InChI is InChI=1S/C18H20N2O2/c21-18(20-16-9-10-19-12-16)15-7-4-8-17(11-15)22-13-14-5-2-1-3-6-14/h1-8,11,16,19H,9-10,12-13H2,(H,20,21). The maximum Gasteiger partial charge on any atom is 0.251 e. The summed E-state index contributed by atoms with van der Waals surface area (Å²) in [6.07, 6.45) is 0.982. The molecule has 1 unspecified atom stereocenters. The highest BCUT2D eigenvalue weighted by Gasteiger charge is 2.17. The quantitative estimate of drug-likeness (QED) is 0.890. The SMILES string of the molecule is O=C(NC1CCNC1)c1cccc(OCc2ccccc2)c1. The van der Waals surface area contributed by atoms with Crippen molar-refractivity contribution in [2.45, 2.75) is 19.1 Å². The average molecular weight is 296 g/mol. The number of amides is 1. The molecular formula is C18H20N2O2. The lowest BCUT2D eigenvalue weighted by Crippen LogP contribution is -2.36. The lowest BCUT2D eigenvalue weighted by atomic mass is 10.1. The van der Waals surface area contributed by atoms with Gasteiger partial charge in [-0.15, -0.1) is 0 Å². The molecule has 0 bridgehead atoms. The number of benzene rings is 2. The van der Waals surface area contributed by atoms with Gasteiger partial charge >= 0.3 is 0 Å². The molecule has 1 aliphatic heterocycles. The Morgan fingerprint density at radius 3 is 2.82 bits per heavy atom. The summed E-state index contributed by atoms with van der Waals surface area (Å²) >= 11 is 0. The smallest absolute Gasteiger partial charge is 0.251 e. The summed E-state index contributed by atoms with van der Waals surface area (Å²) in [7, 11) is 0.